The maximum Gasteiger partial charge on any atom is 0.246 e. The predicted octanol–water partition coefficient (Wildman–Crippen LogP) is 4.00. The number of para-hydroxylation sites is 1. The molecule has 3 aromatic rings. The molecule has 4 heteroatoms. The number of hydrogen-bond acceptors (Lipinski definition) is 4. The first-order valence-electron chi connectivity index (χ1n) is 7.95. The van der Waals surface area contributed by atoms with Crippen molar-refractivity contribution in [3.63, 3.8) is 0 Å². The van der Waals surface area contributed by atoms with Crippen LogP contribution in [-0.2, 0) is 13.0 Å². The first kappa shape index (κ1) is 14.0. The zero-order valence-corrected chi connectivity index (χ0v) is 13.4. The molecule has 0 saturated carbocycles. The highest BCUT2D eigenvalue weighted by Crippen LogP contribution is 2.33. The van der Waals surface area contributed by atoms with E-state index in [9.17, 15) is 0 Å². The van der Waals surface area contributed by atoms with E-state index in [1.165, 1.54) is 16.8 Å². The topological polar surface area (TPSA) is 42.2 Å². The summed E-state index contributed by atoms with van der Waals surface area (Å²) in [6.07, 6.45) is 1.06. The Bertz CT molecular complexity index is 823. The molecule has 2 heterocycles. The lowest BCUT2D eigenvalue weighted by atomic mass is 10.1. The molecule has 1 unspecified atom stereocenters. The Labute approximate surface area is 135 Å². The average Bonchev–Trinajstić information content (AvgIpc) is 3.14. The largest absolute Gasteiger partial charge is 0.359 e. The predicted molar refractivity (Wildman–Crippen MR) is 90.3 cm³/mol. The van der Waals surface area contributed by atoms with Gasteiger partial charge < -0.3 is 9.42 Å². The number of nitrogens with zero attached hydrogens (tertiary/aromatic N) is 3. The van der Waals surface area contributed by atoms with Crippen LogP contribution < -0.4 is 4.90 Å². The molecular formula is C19H19N3O. The summed E-state index contributed by atoms with van der Waals surface area (Å²) in [4.78, 5) is 6.90. The molecule has 1 aliphatic heterocycles. The quantitative estimate of drug-likeness (QED) is 0.733. The maximum atomic E-state index is 5.47. The summed E-state index contributed by atoms with van der Waals surface area (Å²) in [6.45, 7) is 4.95. The fourth-order valence-corrected chi connectivity index (χ4v) is 3.16. The van der Waals surface area contributed by atoms with E-state index in [0.717, 1.165) is 12.0 Å². The van der Waals surface area contributed by atoms with Gasteiger partial charge in [-0.3, -0.25) is 0 Å². The molecule has 0 radical (unpaired) electrons. The highest BCUT2D eigenvalue weighted by atomic mass is 16.5. The summed E-state index contributed by atoms with van der Waals surface area (Å²) < 4.78 is 5.47. The van der Waals surface area contributed by atoms with Gasteiger partial charge in [-0.2, -0.15) is 4.98 Å². The number of fused-ring (bicyclic) bond motifs is 1. The van der Waals surface area contributed by atoms with Crippen molar-refractivity contribution >= 4 is 5.69 Å². The van der Waals surface area contributed by atoms with Gasteiger partial charge in [-0.05, 0) is 31.9 Å². The number of aromatic nitrogens is 2. The summed E-state index contributed by atoms with van der Waals surface area (Å²) in [6, 6.07) is 17.1. The molecule has 2 aromatic carbocycles. The summed E-state index contributed by atoms with van der Waals surface area (Å²) >= 11 is 0. The molecule has 0 N–H and O–H groups in total. The Morgan fingerprint density at radius 3 is 2.74 bits per heavy atom. The van der Waals surface area contributed by atoms with Crippen LogP contribution in [0, 0.1) is 6.92 Å². The Kier molecular flexibility index (Phi) is 3.37. The van der Waals surface area contributed by atoms with Crippen molar-refractivity contribution in [2.75, 3.05) is 4.90 Å². The van der Waals surface area contributed by atoms with Crippen LogP contribution >= 0.6 is 0 Å². The molecule has 116 valence electrons. The van der Waals surface area contributed by atoms with E-state index in [-0.39, 0.29) is 0 Å². The van der Waals surface area contributed by atoms with E-state index >= 15 is 0 Å². The minimum absolute atomic E-state index is 0.446. The van der Waals surface area contributed by atoms with Crippen LogP contribution in [0.2, 0.25) is 0 Å². The standard InChI is InChI=1S/C19H19N3O/c1-13-7-9-15(10-8-13)19-20-18(23-21-19)12-22-14(2)11-16-5-3-4-6-17(16)22/h3-10,14H,11-12H2,1-2H3. The number of rotatable bonds is 3. The van der Waals surface area contributed by atoms with E-state index in [1.54, 1.807) is 0 Å². The van der Waals surface area contributed by atoms with Crippen LogP contribution in [0.15, 0.2) is 53.1 Å². The molecule has 1 aliphatic rings. The second-order valence-electron chi connectivity index (χ2n) is 6.19. The Morgan fingerprint density at radius 1 is 1.13 bits per heavy atom. The molecule has 23 heavy (non-hydrogen) atoms. The lowest BCUT2D eigenvalue weighted by Crippen LogP contribution is -2.28. The first-order chi connectivity index (χ1) is 11.2. The normalized spacial score (nSPS) is 16.6. The molecule has 0 fully saturated rings. The van der Waals surface area contributed by atoms with E-state index < -0.39 is 0 Å². The van der Waals surface area contributed by atoms with Crippen molar-refractivity contribution in [1.29, 1.82) is 0 Å². The van der Waals surface area contributed by atoms with Crippen molar-refractivity contribution in [1.82, 2.24) is 10.1 Å². The highest BCUT2D eigenvalue weighted by molar-refractivity contribution is 5.59. The van der Waals surface area contributed by atoms with Crippen molar-refractivity contribution in [3.05, 3.63) is 65.5 Å². The summed E-state index contributed by atoms with van der Waals surface area (Å²) in [5.41, 5.74) is 4.87. The van der Waals surface area contributed by atoms with Crippen LogP contribution in [0.5, 0.6) is 0 Å². The minimum atomic E-state index is 0.446. The molecule has 0 spiro atoms. The van der Waals surface area contributed by atoms with Gasteiger partial charge in [0.2, 0.25) is 11.7 Å². The van der Waals surface area contributed by atoms with E-state index in [1.807, 2.05) is 12.1 Å². The molecule has 1 aromatic heterocycles. The fourth-order valence-electron chi connectivity index (χ4n) is 3.16. The fraction of sp³-hybridized carbons (Fsp3) is 0.263. The van der Waals surface area contributed by atoms with Gasteiger partial charge in [0.05, 0.1) is 6.54 Å². The minimum Gasteiger partial charge on any atom is -0.359 e. The molecule has 0 amide bonds. The summed E-state index contributed by atoms with van der Waals surface area (Å²) in [5, 5.41) is 4.13. The zero-order valence-electron chi connectivity index (χ0n) is 13.4. The molecule has 0 saturated heterocycles. The summed E-state index contributed by atoms with van der Waals surface area (Å²) in [5.74, 6) is 1.31. The zero-order chi connectivity index (χ0) is 15.8. The van der Waals surface area contributed by atoms with Crippen molar-refractivity contribution in [3.8, 4) is 11.4 Å². The van der Waals surface area contributed by atoms with Crippen molar-refractivity contribution < 1.29 is 4.52 Å². The first-order valence-corrected chi connectivity index (χ1v) is 7.95. The molecule has 0 bridgehead atoms. The van der Waals surface area contributed by atoms with Gasteiger partial charge in [0.1, 0.15) is 0 Å². The number of benzene rings is 2. The van der Waals surface area contributed by atoms with Gasteiger partial charge in [0.25, 0.3) is 0 Å². The second-order valence-corrected chi connectivity index (χ2v) is 6.19. The van der Waals surface area contributed by atoms with Gasteiger partial charge >= 0.3 is 0 Å². The smallest absolute Gasteiger partial charge is 0.246 e. The van der Waals surface area contributed by atoms with Gasteiger partial charge in [0.15, 0.2) is 0 Å². The van der Waals surface area contributed by atoms with Gasteiger partial charge in [-0.1, -0.05) is 53.2 Å². The molecule has 4 rings (SSSR count). The van der Waals surface area contributed by atoms with Crippen molar-refractivity contribution in [2.45, 2.75) is 32.9 Å². The molecule has 4 nitrogen and oxygen atoms in total. The Hall–Kier alpha value is -2.62. The number of anilines is 1. The van der Waals surface area contributed by atoms with E-state index in [2.05, 4.69) is 65.3 Å². The van der Waals surface area contributed by atoms with Crippen LogP contribution in [0.3, 0.4) is 0 Å². The molecule has 1 atom stereocenters. The highest BCUT2D eigenvalue weighted by Gasteiger charge is 2.27. The van der Waals surface area contributed by atoms with Gasteiger partial charge in [-0.25, -0.2) is 0 Å². The maximum absolute atomic E-state index is 5.47. The second kappa shape index (κ2) is 5.54. The Balaban J connectivity index is 1.57. The van der Waals surface area contributed by atoms with E-state index in [0.29, 0.717) is 24.3 Å². The van der Waals surface area contributed by atoms with Crippen LogP contribution in [0.4, 0.5) is 5.69 Å². The summed E-state index contributed by atoms with van der Waals surface area (Å²) in [7, 11) is 0. The average molecular weight is 305 g/mol. The van der Waals surface area contributed by atoms with E-state index in [4.69, 9.17) is 4.52 Å². The Morgan fingerprint density at radius 2 is 1.91 bits per heavy atom. The lowest BCUT2D eigenvalue weighted by molar-refractivity contribution is 0.374. The third-order valence-corrected chi connectivity index (χ3v) is 4.43. The lowest BCUT2D eigenvalue weighted by Gasteiger charge is -2.22. The molecule has 0 aliphatic carbocycles. The van der Waals surface area contributed by atoms with Crippen molar-refractivity contribution in [2.24, 2.45) is 0 Å². The molecular weight excluding hydrogens is 286 g/mol. The van der Waals surface area contributed by atoms with Crippen LogP contribution in [0.25, 0.3) is 11.4 Å². The third-order valence-electron chi connectivity index (χ3n) is 4.43. The third kappa shape index (κ3) is 2.61. The van der Waals surface area contributed by atoms with Gasteiger partial charge in [0, 0.05) is 17.3 Å². The van der Waals surface area contributed by atoms with Gasteiger partial charge in [-0.15, -0.1) is 0 Å². The SMILES string of the molecule is Cc1ccc(-c2noc(CN3c4ccccc4CC3C)n2)cc1. The monoisotopic (exact) mass is 305 g/mol. The van der Waals surface area contributed by atoms with Crippen LogP contribution in [0.1, 0.15) is 23.9 Å². The number of aryl methyl sites for hydroxylation is 1. The van der Waals surface area contributed by atoms with Crippen LogP contribution in [-0.4, -0.2) is 16.2 Å². The number of hydrogen-bond donors (Lipinski definition) is 0.